The molecule has 0 aliphatic carbocycles. The van der Waals surface area contributed by atoms with Crippen LogP contribution in [0.3, 0.4) is 0 Å². The summed E-state index contributed by atoms with van der Waals surface area (Å²) in [5.74, 6) is 0.984. The molecule has 156 valence electrons. The lowest BCUT2D eigenvalue weighted by Crippen LogP contribution is -2.14. The van der Waals surface area contributed by atoms with Crippen LogP contribution in [-0.4, -0.2) is 27.8 Å². The van der Waals surface area contributed by atoms with Gasteiger partial charge >= 0.3 is 0 Å². The molecule has 0 saturated heterocycles. The number of nitrogens with zero attached hydrogens (tertiary/aromatic N) is 3. The van der Waals surface area contributed by atoms with Crippen LogP contribution >= 0.6 is 0 Å². The van der Waals surface area contributed by atoms with Gasteiger partial charge in [-0.25, -0.2) is 9.67 Å². The maximum Gasteiger partial charge on any atom is 0.295 e. The van der Waals surface area contributed by atoms with Crippen LogP contribution in [0.4, 0.5) is 5.69 Å². The highest BCUT2D eigenvalue weighted by Crippen LogP contribution is 2.25. The molecule has 0 unspecified atom stereocenters. The summed E-state index contributed by atoms with van der Waals surface area (Å²) >= 11 is 0. The van der Waals surface area contributed by atoms with Gasteiger partial charge in [0.1, 0.15) is 5.75 Å². The van der Waals surface area contributed by atoms with Crippen molar-refractivity contribution in [3.63, 3.8) is 0 Å². The highest BCUT2D eigenvalue weighted by Gasteiger charge is 2.20. The van der Waals surface area contributed by atoms with Crippen molar-refractivity contribution in [1.82, 2.24) is 14.8 Å². The minimum atomic E-state index is -0.384. The van der Waals surface area contributed by atoms with Crippen molar-refractivity contribution >= 4 is 11.6 Å². The molecule has 1 N–H and O–H groups in total. The Kier molecular flexibility index (Phi) is 5.54. The highest BCUT2D eigenvalue weighted by molar-refractivity contribution is 6.02. The van der Waals surface area contributed by atoms with Gasteiger partial charge in [-0.1, -0.05) is 53.6 Å². The molecule has 0 saturated carbocycles. The predicted molar refractivity (Wildman–Crippen MR) is 122 cm³/mol. The number of nitrogens with one attached hydrogen (secondary N) is 1. The average molecular weight is 412 g/mol. The van der Waals surface area contributed by atoms with Crippen LogP contribution in [0.5, 0.6) is 5.75 Å². The molecule has 6 nitrogen and oxygen atoms in total. The van der Waals surface area contributed by atoms with Gasteiger partial charge in [0.25, 0.3) is 5.91 Å². The number of aromatic nitrogens is 3. The summed E-state index contributed by atoms with van der Waals surface area (Å²) in [5, 5.41) is 7.42. The zero-order valence-electron chi connectivity index (χ0n) is 18.0. The zero-order chi connectivity index (χ0) is 22.0. The van der Waals surface area contributed by atoms with Gasteiger partial charge in [0.2, 0.25) is 5.82 Å². The lowest BCUT2D eigenvalue weighted by Gasteiger charge is -2.10. The summed E-state index contributed by atoms with van der Waals surface area (Å²) in [5.41, 5.74) is 5.75. The number of anilines is 1. The Morgan fingerprint density at radius 2 is 1.68 bits per heavy atom. The van der Waals surface area contributed by atoms with E-state index in [2.05, 4.69) is 21.5 Å². The van der Waals surface area contributed by atoms with Crippen LogP contribution in [0, 0.1) is 20.8 Å². The minimum Gasteiger partial charge on any atom is -0.497 e. The Hall–Kier alpha value is -3.93. The maximum absolute atomic E-state index is 12.9. The second-order valence-corrected chi connectivity index (χ2v) is 7.51. The highest BCUT2D eigenvalue weighted by atomic mass is 16.5. The van der Waals surface area contributed by atoms with Crippen molar-refractivity contribution in [1.29, 1.82) is 0 Å². The molecule has 0 atom stereocenters. The van der Waals surface area contributed by atoms with Crippen molar-refractivity contribution in [3.05, 3.63) is 89.2 Å². The summed E-state index contributed by atoms with van der Waals surface area (Å²) in [6.45, 7) is 6.11. The fraction of sp³-hybridized carbons (Fsp3) is 0.160. The molecule has 0 aliphatic heterocycles. The molecule has 3 aromatic carbocycles. The number of benzene rings is 3. The standard InChI is InChI=1S/C25H24N4O2/c1-16-8-11-19(12-9-16)24-27-23(25(30)26-20-6-5-7-21(15-20)31-4)28-29(24)22-13-10-17(2)14-18(22)3/h5-15H,1-4H3,(H,26,30). The molecule has 1 aromatic heterocycles. The van der Waals surface area contributed by atoms with Crippen LogP contribution in [0.25, 0.3) is 17.1 Å². The van der Waals surface area contributed by atoms with E-state index in [-0.39, 0.29) is 11.7 Å². The van der Waals surface area contributed by atoms with Crippen LogP contribution in [0.2, 0.25) is 0 Å². The number of carbonyl (C=O) groups is 1. The predicted octanol–water partition coefficient (Wildman–Crippen LogP) is 5.12. The van der Waals surface area contributed by atoms with Gasteiger partial charge in [0.05, 0.1) is 12.8 Å². The first-order valence-corrected chi connectivity index (χ1v) is 10.0. The lowest BCUT2D eigenvalue weighted by molar-refractivity contribution is 0.101. The van der Waals surface area contributed by atoms with Crippen LogP contribution in [0.1, 0.15) is 27.3 Å². The molecule has 4 rings (SSSR count). The first kappa shape index (κ1) is 20.3. The first-order valence-electron chi connectivity index (χ1n) is 10.0. The van der Waals surface area contributed by atoms with Crippen LogP contribution in [-0.2, 0) is 0 Å². The Balaban J connectivity index is 1.77. The maximum atomic E-state index is 12.9. The quantitative estimate of drug-likeness (QED) is 0.494. The van der Waals surface area contributed by atoms with E-state index in [0.29, 0.717) is 17.3 Å². The third kappa shape index (κ3) is 4.33. The van der Waals surface area contributed by atoms with E-state index in [1.807, 2.05) is 69.3 Å². The molecule has 0 fully saturated rings. The smallest absolute Gasteiger partial charge is 0.295 e. The topological polar surface area (TPSA) is 69.0 Å². The van der Waals surface area contributed by atoms with Gasteiger partial charge in [-0.3, -0.25) is 4.79 Å². The summed E-state index contributed by atoms with van der Waals surface area (Å²) in [4.78, 5) is 17.5. The molecule has 4 aromatic rings. The molecule has 6 heteroatoms. The van der Waals surface area contributed by atoms with Gasteiger partial charge in [0.15, 0.2) is 5.82 Å². The Bertz CT molecular complexity index is 1240. The Labute approximate surface area is 181 Å². The van der Waals surface area contributed by atoms with Crippen LogP contribution in [0.15, 0.2) is 66.7 Å². The van der Waals surface area contributed by atoms with Crippen molar-refractivity contribution in [2.75, 3.05) is 12.4 Å². The van der Waals surface area contributed by atoms with E-state index >= 15 is 0 Å². The summed E-state index contributed by atoms with van der Waals surface area (Å²) in [6, 6.07) is 21.3. The van der Waals surface area contributed by atoms with E-state index in [1.165, 1.54) is 0 Å². The molecule has 0 spiro atoms. The minimum absolute atomic E-state index is 0.0957. The molecule has 1 amide bonds. The summed E-state index contributed by atoms with van der Waals surface area (Å²) in [6.07, 6.45) is 0. The third-order valence-electron chi connectivity index (χ3n) is 5.03. The molecule has 1 heterocycles. The average Bonchev–Trinajstić information content (AvgIpc) is 3.19. The number of aryl methyl sites for hydroxylation is 3. The molecular weight excluding hydrogens is 388 g/mol. The monoisotopic (exact) mass is 412 g/mol. The number of hydrogen-bond donors (Lipinski definition) is 1. The molecular formula is C25H24N4O2. The van der Waals surface area contributed by atoms with E-state index in [4.69, 9.17) is 4.74 Å². The number of methoxy groups -OCH3 is 1. The first-order chi connectivity index (χ1) is 14.9. The number of ether oxygens (including phenoxy) is 1. The van der Waals surface area contributed by atoms with Gasteiger partial charge in [-0.05, 0) is 44.5 Å². The molecule has 31 heavy (non-hydrogen) atoms. The van der Waals surface area contributed by atoms with Gasteiger partial charge in [-0.15, -0.1) is 5.10 Å². The van der Waals surface area contributed by atoms with E-state index in [9.17, 15) is 4.79 Å². The van der Waals surface area contributed by atoms with Gasteiger partial charge < -0.3 is 10.1 Å². The fourth-order valence-corrected chi connectivity index (χ4v) is 3.40. The molecule has 0 aliphatic rings. The lowest BCUT2D eigenvalue weighted by atomic mass is 10.1. The van der Waals surface area contributed by atoms with E-state index in [1.54, 1.807) is 23.9 Å². The molecule has 0 radical (unpaired) electrons. The summed E-state index contributed by atoms with van der Waals surface area (Å²) < 4.78 is 6.96. The van der Waals surface area contributed by atoms with E-state index < -0.39 is 0 Å². The largest absolute Gasteiger partial charge is 0.497 e. The second-order valence-electron chi connectivity index (χ2n) is 7.51. The Morgan fingerprint density at radius 3 is 2.39 bits per heavy atom. The number of hydrogen-bond acceptors (Lipinski definition) is 4. The van der Waals surface area contributed by atoms with Gasteiger partial charge in [0, 0.05) is 17.3 Å². The van der Waals surface area contributed by atoms with Crippen molar-refractivity contribution in [2.24, 2.45) is 0 Å². The Morgan fingerprint density at radius 1 is 0.935 bits per heavy atom. The third-order valence-corrected chi connectivity index (χ3v) is 5.03. The number of rotatable bonds is 5. The van der Waals surface area contributed by atoms with Crippen molar-refractivity contribution in [3.8, 4) is 22.8 Å². The number of carbonyl (C=O) groups excluding carboxylic acids is 1. The van der Waals surface area contributed by atoms with Gasteiger partial charge in [-0.2, -0.15) is 0 Å². The van der Waals surface area contributed by atoms with Crippen molar-refractivity contribution in [2.45, 2.75) is 20.8 Å². The zero-order valence-corrected chi connectivity index (χ0v) is 18.0. The normalized spacial score (nSPS) is 10.7. The number of amides is 1. The van der Waals surface area contributed by atoms with Crippen molar-refractivity contribution < 1.29 is 9.53 Å². The SMILES string of the molecule is COc1cccc(NC(=O)c2nc(-c3ccc(C)cc3)n(-c3ccc(C)cc3C)n2)c1. The fourth-order valence-electron chi connectivity index (χ4n) is 3.40. The molecule has 0 bridgehead atoms. The summed E-state index contributed by atoms with van der Waals surface area (Å²) in [7, 11) is 1.59. The second kappa shape index (κ2) is 8.44. The van der Waals surface area contributed by atoms with E-state index in [0.717, 1.165) is 27.9 Å². The van der Waals surface area contributed by atoms with Crippen LogP contribution < -0.4 is 10.1 Å².